The molecule has 6 rings (SSSR count). The first kappa shape index (κ1) is 17.3. The number of rotatable bonds is 4. The smallest absolute Gasteiger partial charge is 0.307 e. The van der Waals surface area contributed by atoms with Crippen LogP contribution in [0.4, 0.5) is 5.69 Å². The van der Waals surface area contributed by atoms with Crippen LogP contribution in [0.1, 0.15) is 29.0 Å². The molecule has 11 heteroatoms. The molecule has 0 fully saturated rings. The van der Waals surface area contributed by atoms with Crippen molar-refractivity contribution >= 4 is 32.9 Å². The largest absolute Gasteiger partial charge is 0.456 e. The van der Waals surface area contributed by atoms with Gasteiger partial charge in [-0.1, -0.05) is 0 Å². The molecular formula is C19H15N7O3S. The van der Waals surface area contributed by atoms with Crippen LogP contribution in [0.25, 0.3) is 27.4 Å². The van der Waals surface area contributed by atoms with E-state index in [9.17, 15) is 10.1 Å². The van der Waals surface area contributed by atoms with Crippen LogP contribution in [-0.2, 0) is 19.4 Å². The summed E-state index contributed by atoms with van der Waals surface area (Å²) < 4.78 is 9.06. The summed E-state index contributed by atoms with van der Waals surface area (Å²) in [5.41, 5.74) is 2.10. The van der Waals surface area contributed by atoms with E-state index in [1.54, 1.807) is 34.3 Å². The van der Waals surface area contributed by atoms with Gasteiger partial charge >= 0.3 is 5.69 Å². The molecular weight excluding hydrogens is 406 g/mol. The molecule has 0 spiro atoms. The fraction of sp³-hybridized carbons (Fsp3) is 0.263. The zero-order valence-electron chi connectivity index (χ0n) is 15.7. The number of aryl methyl sites for hydroxylation is 2. The Morgan fingerprint density at radius 2 is 2.17 bits per heavy atom. The van der Waals surface area contributed by atoms with E-state index in [0.717, 1.165) is 28.7 Å². The van der Waals surface area contributed by atoms with Crippen molar-refractivity contribution < 1.29 is 9.34 Å². The number of hydrogen-bond acceptors (Lipinski definition) is 8. The number of fused-ring (bicyclic) bond motifs is 5. The van der Waals surface area contributed by atoms with E-state index in [2.05, 4.69) is 15.2 Å². The van der Waals surface area contributed by atoms with Crippen molar-refractivity contribution in [3.63, 3.8) is 0 Å². The van der Waals surface area contributed by atoms with Gasteiger partial charge in [0.25, 0.3) is 0 Å². The van der Waals surface area contributed by atoms with Crippen molar-refractivity contribution in [2.24, 2.45) is 0 Å². The molecule has 1 aliphatic carbocycles. The predicted molar refractivity (Wildman–Crippen MR) is 108 cm³/mol. The van der Waals surface area contributed by atoms with Crippen LogP contribution in [0.2, 0.25) is 0 Å². The number of nitrogens with zero attached hydrogens (tertiary/aromatic N) is 7. The third-order valence-corrected chi connectivity index (χ3v) is 6.52. The number of nitro groups is 1. The monoisotopic (exact) mass is 421 g/mol. The molecule has 30 heavy (non-hydrogen) atoms. The van der Waals surface area contributed by atoms with Crippen LogP contribution in [0.5, 0.6) is 0 Å². The Balaban J connectivity index is 1.36. The molecule has 0 amide bonds. The summed E-state index contributed by atoms with van der Waals surface area (Å²) in [5, 5.41) is 20.5. The molecule has 0 saturated carbocycles. The standard InChI is InChI=1S/C19H15N7O3S/c27-26(28)11-7-21-24(8-11)9-12-5-6-14(29-12)17-22-18-16-13-3-1-2-4-15(13)30-19(16)20-10-25(18)23-17/h5-8,10H,1-4,9H2. The highest BCUT2D eigenvalue weighted by Gasteiger charge is 2.21. The van der Waals surface area contributed by atoms with Gasteiger partial charge in [0.05, 0.1) is 16.9 Å². The second kappa shape index (κ2) is 6.46. The van der Waals surface area contributed by atoms with E-state index in [4.69, 9.17) is 9.40 Å². The Morgan fingerprint density at radius 3 is 3.03 bits per heavy atom. The SMILES string of the molecule is O=[N+]([O-])c1cnn(Cc2ccc(-c3nc4c5c6c(sc5ncn4n3)CCCC6)o2)c1. The van der Waals surface area contributed by atoms with Crippen molar-refractivity contribution in [2.75, 3.05) is 0 Å². The molecule has 0 bridgehead atoms. The molecule has 0 radical (unpaired) electrons. The minimum absolute atomic E-state index is 0.0561. The summed E-state index contributed by atoms with van der Waals surface area (Å²) in [4.78, 5) is 22.1. The third-order valence-electron chi connectivity index (χ3n) is 5.32. The van der Waals surface area contributed by atoms with Crippen molar-refractivity contribution in [2.45, 2.75) is 32.2 Å². The number of furan rings is 1. The third kappa shape index (κ3) is 2.70. The maximum atomic E-state index is 10.8. The van der Waals surface area contributed by atoms with Crippen LogP contribution in [0, 0.1) is 10.1 Å². The molecule has 10 nitrogen and oxygen atoms in total. The minimum Gasteiger partial charge on any atom is -0.456 e. The van der Waals surface area contributed by atoms with Gasteiger partial charge in [0.1, 0.15) is 29.3 Å². The van der Waals surface area contributed by atoms with Crippen molar-refractivity contribution in [3.8, 4) is 11.6 Å². The van der Waals surface area contributed by atoms with E-state index < -0.39 is 4.92 Å². The van der Waals surface area contributed by atoms with Crippen LogP contribution in [0.3, 0.4) is 0 Å². The molecule has 0 atom stereocenters. The van der Waals surface area contributed by atoms with Gasteiger partial charge in [-0.2, -0.15) is 5.10 Å². The van der Waals surface area contributed by atoms with Gasteiger partial charge in [0.2, 0.25) is 5.82 Å². The van der Waals surface area contributed by atoms with Gasteiger partial charge in [-0.25, -0.2) is 14.5 Å². The molecule has 5 aromatic heterocycles. The lowest BCUT2D eigenvalue weighted by Gasteiger charge is -2.09. The van der Waals surface area contributed by atoms with Crippen LogP contribution in [-0.4, -0.2) is 34.3 Å². The maximum absolute atomic E-state index is 10.8. The first-order valence-corrected chi connectivity index (χ1v) is 10.4. The molecule has 0 unspecified atom stereocenters. The average Bonchev–Trinajstić information content (AvgIpc) is 3.51. The zero-order valence-corrected chi connectivity index (χ0v) is 16.5. The zero-order chi connectivity index (χ0) is 20.2. The lowest BCUT2D eigenvalue weighted by atomic mass is 9.97. The summed E-state index contributed by atoms with van der Waals surface area (Å²) in [6, 6.07) is 3.60. The molecule has 1 aliphatic rings. The van der Waals surface area contributed by atoms with Crippen molar-refractivity contribution in [3.05, 3.63) is 57.2 Å². The van der Waals surface area contributed by atoms with E-state index in [1.807, 2.05) is 0 Å². The van der Waals surface area contributed by atoms with Crippen molar-refractivity contribution in [1.29, 1.82) is 0 Å². The highest BCUT2D eigenvalue weighted by molar-refractivity contribution is 7.19. The quantitative estimate of drug-likeness (QED) is 0.321. The molecule has 0 N–H and O–H groups in total. The summed E-state index contributed by atoms with van der Waals surface area (Å²) in [7, 11) is 0. The Hall–Kier alpha value is -3.60. The van der Waals surface area contributed by atoms with Crippen molar-refractivity contribution in [1.82, 2.24) is 29.4 Å². The van der Waals surface area contributed by atoms with Crippen LogP contribution < -0.4 is 0 Å². The van der Waals surface area contributed by atoms with Crippen LogP contribution >= 0.6 is 11.3 Å². The fourth-order valence-electron chi connectivity index (χ4n) is 3.93. The molecule has 0 aromatic carbocycles. The van der Waals surface area contributed by atoms with E-state index in [1.165, 1.54) is 40.4 Å². The van der Waals surface area contributed by atoms with Gasteiger partial charge in [-0.05, 0) is 43.4 Å². The number of hydrogen-bond donors (Lipinski definition) is 0. The van der Waals surface area contributed by atoms with Crippen LogP contribution in [0.15, 0.2) is 35.3 Å². The first-order chi connectivity index (χ1) is 14.7. The molecule has 150 valence electrons. The molecule has 5 aromatic rings. The summed E-state index contributed by atoms with van der Waals surface area (Å²) in [6.07, 6.45) is 8.86. The lowest BCUT2D eigenvalue weighted by Crippen LogP contribution is -1.99. The molecule has 0 saturated heterocycles. The average molecular weight is 421 g/mol. The minimum atomic E-state index is -0.477. The number of aromatic nitrogens is 6. The maximum Gasteiger partial charge on any atom is 0.307 e. The number of thiophene rings is 1. The highest BCUT2D eigenvalue weighted by Crippen LogP contribution is 2.37. The summed E-state index contributed by atoms with van der Waals surface area (Å²) in [5.74, 6) is 1.63. The van der Waals surface area contributed by atoms with Gasteiger partial charge in [-0.15, -0.1) is 16.4 Å². The van der Waals surface area contributed by atoms with E-state index >= 15 is 0 Å². The summed E-state index contributed by atoms with van der Waals surface area (Å²) in [6.45, 7) is 0.283. The fourth-order valence-corrected chi connectivity index (χ4v) is 5.16. The topological polar surface area (TPSA) is 117 Å². The van der Waals surface area contributed by atoms with E-state index in [-0.39, 0.29) is 12.2 Å². The Labute approximate surface area is 172 Å². The van der Waals surface area contributed by atoms with Gasteiger partial charge < -0.3 is 4.42 Å². The van der Waals surface area contributed by atoms with Gasteiger partial charge in [-0.3, -0.25) is 14.8 Å². The molecule has 0 aliphatic heterocycles. The lowest BCUT2D eigenvalue weighted by molar-refractivity contribution is -0.385. The van der Waals surface area contributed by atoms with E-state index in [0.29, 0.717) is 17.3 Å². The Morgan fingerprint density at radius 1 is 1.27 bits per heavy atom. The second-order valence-corrected chi connectivity index (χ2v) is 8.34. The highest BCUT2D eigenvalue weighted by atomic mass is 32.1. The first-order valence-electron chi connectivity index (χ1n) is 9.57. The predicted octanol–water partition coefficient (Wildman–Crippen LogP) is 3.63. The molecule has 5 heterocycles. The summed E-state index contributed by atoms with van der Waals surface area (Å²) >= 11 is 1.76. The van der Waals surface area contributed by atoms with Gasteiger partial charge in [0.15, 0.2) is 11.4 Å². The Bertz CT molecular complexity index is 1430. The van der Waals surface area contributed by atoms with Gasteiger partial charge in [0, 0.05) is 4.88 Å². The normalized spacial score (nSPS) is 13.9. The Kier molecular flexibility index (Phi) is 3.72. The second-order valence-electron chi connectivity index (χ2n) is 7.26.